The van der Waals surface area contributed by atoms with Gasteiger partial charge in [0.05, 0.1) is 22.6 Å². The zero-order chi connectivity index (χ0) is 21.1. The molecule has 0 unspecified atom stereocenters. The summed E-state index contributed by atoms with van der Waals surface area (Å²) in [6.45, 7) is 1.92. The number of para-hydroxylation sites is 3. The molecule has 1 aliphatic heterocycles. The number of benzene rings is 3. The van der Waals surface area contributed by atoms with E-state index < -0.39 is 0 Å². The first-order chi connectivity index (χ1) is 15.2. The first kappa shape index (κ1) is 17.8. The van der Waals surface area contributed by atoms with Gasteiger partial charge in [-0.2, -0.15) is 0 Å². The van der Waals surface area contributed by atoms with E-state index in [1.807, 2.05) is 61.5 Å². The fourth-order valence-electron chi connectivity index (χ4n) is 4.62. The van der Waals surface area contributed by atoms with E-state index in [0.717, 1.165) is 50.2 Å². The third-order valence-corrected chi connectivity index (χ3v) is 6.02. The number of aromatic nitrogens is 2. The fraction of sp³-hybridized carbons (Fsp3) is 0.120. The van der Waals surface area contributed by atoms with Crippen LogP contribution in [0.15, 0.2) is 82.4 Å². The molecule has 6 nitrogen and oxygen atoms in total. The van der Waals surface area contributed by atoms with Gasteiger partial charge in [-0.05, 0) is 42.8 Å². The molecule has 31 heavy (non-hydrogen) atoms. The van der Waals surface area contributed by atoms with Crippen LogP contribution < -0.4 is 10.6 Å². The maximum absolute atomic E-state index is 13.0. The smallest absolute Gasteiger partial charge is 0.251 e. The van der Waals surface area contributed by atoms with Crippen molar-refractivity contribution in [2.75, 3.05) is 12.4 Å². The van der Waals surface area contributed by atoms with Crippen molar-refractivity contribution in [1.82, 2.24) is 14.9 Å². The topological polar surface area (TPSA) is 72.1 Å². The van der Waals surface area contributed by atoms with Crippen molar-refractivity contribution in [1.29, 1.82) is 0 Å². The maximum Gasteiger partial charge on any atom is 0.251 e. The minimum atomic E-state index is -0.318. The third kappa shape index (κ3) is 2.51. The Hall–Kier alpha value is -4.06. The van der Waals surface area contributed by atoms with Crippen LogP contribution in [0.1, 0.15) is 18.5 Å². The molecule has 6 rings (SSSR count). The molecule has 0 bridgehead atoms. The monoisotopic (exact) mass is 408 g/mol. The SMILES string of the molecule is CNC(=O)C1=C(C)Nc2nc3ccccc3n2[C@@H]1c1ccc2oc3ccccc3c2c1. The Morgan fingerprint density at radius 2 is 1.81 bits per heavy atom. The van der Waals surface area contributed by atoms with Crippen molar-refractivity contribution < 1.29 is 9.21 Å². The minimum absolute atomic E-state index is 0.115. The van der Waals surface area contributed by atoms with E-state index in [4.69, 9.17) is 9.40 Å². The Balaban J connectivity index is 1.66. The molecule has 1 amide bonds. The molecule has 0 saturated carbocycles. The molecule has 6 heteroatoms. The van der Waals surface area contributed by atoms with Crippen molar-refractivity contribution in [2.45, 2.75) is 13.0 Å². The number of rotatable bonds is 2. The van der Waals surface area contributed by atoms with Crippen LogP contribution in [0.2, 0.25) is 0 Å². The Morgan fingerprint density at radius 1 is 1.03 bits per heavy atom. The maximum atomic E-state index is 13.0. The Kier molecular flexibility index (Phi) is 3.71. The number of fused-ring (bicyclic) bond motifs is 6. The normalized spacial score (nSPS) is 16.0. The average Bonchev–Trinajstić information content (AvgIpc) is 3.35. The summed E-state index contributed by atoms with van der Waals surface area (Å²) in [5.74, 6) is 0.615. The van der Waals surface area contributed by atoms with E-state index in [1.54, 1.807) is 7.05 Å². The third-order valence-electron chi connectivity index (χ3n) is 6.02. The number of carbonyl (C=O) groups excluding carboxylic acids is 1. The molecule has 0 fully saturated rings. The zero-order valence-electron chi connectivity index (χ0n) is 17.1. The van der Waals surface area contributed by atoms with E-state index in [2.05, 4.69) is 27.3 Å². The largest absolute Gasteiger partial charge is 0.456 e. The molecule has 152 valence electrons. The summed E-state index contributed by atoms with van der Waals surface area (Å²) in [6, 6.07) is 21.8. The van der Waals surface area contributed by atoms with Gasteiger partial charge in [0.25, 0.3) is 5.91 Å². The average molecular weight is 408 g/mol. The molecule has 0 spiro atoms. The van der Waals surface area contributed by atoms with Crippen molar-refractivity contribution in [3.63, 3.8) is 0 Å². The highest BCUT2D eigenvalue weighted by molar-refractivity contribution is 6.05. The molecular formula is C25H20N4O2. The van der Waals surface area contributed by atoms with E-state index in [9.17, 15) is 4.79 Å². The van der Waals surface area contributed by atoms with Crippen LogP contribution in [0, 0.1) is 0 Å². The van der Waals surface area contributed by atoms with E-state index >= 15 is 0 Å². The quantitative estimate of drug-likeness (QED) is 0.433. The van der Waals surface area contributed by atoms with E-state index in [-0.39, 0.29) is 11.9 Å². The van der Waals surface area contributed by atoms with Gasteiger partial charge in [-0.25, -0.2) is 4.98 Å². The van der Waals surface area contributed by atoms with Crippen LogP contribution in [0.3, 0.4) is 0 Å². The van der Waals surface area contributed by atoms with Crippen molar-refractivity contribution in [2.24, 2.45) is 0 Å². The number of carbonyl (C=O) groups is 1. The molecule has 0 aliphatic carbocycles. The predicted octanol–water partition coefficient (Wildman–Crippen LogP) is 4.97. The summed E-state index contributed by atoms with van der Waals surface area (Å²) in [7, 11) is 1.66. The van der Waals surface area contributed by atoms with Crippen LogP contribution in [-0.2, 0) is 4.79 Å². The van der Waals surface area contributed by atoms with Crippen LogP contribution in [0.25, 0.3) is 33.0 Å². The van der Waals surface area contributed by atoms with Crippen molar-refractivity contribution >= 4 is 44.8 Å². The van der Waals surface area contributed by atoms with Crippen molar-refractivity contribution in [3.8, 4) is 0 Å². The molecule has 5 aromatic rings. The van der Waals surface area contributed by atoms with Crippen LogP contribution in [-0.4, -0.2) is 22.5 Å². The standard InChI is InChI=1S/C25H20N4O2/c1-14-22(24(30)26-2)23(29-19-9-5-4-8-18(19)28-25(29)27-14)15-11-12-21-17(13-15)16-7-3-6-10-20(16)31-21/h3-13,23H,1-2H3,(H,26,30)(H,27,28)/t23-/m1/s1. The Labute approximate surface area is 178 Å². The lowest BCUT2D eigenvalue weighted by Gasteiger charge is -2.30. The molecule has 1 aliphatic rings. The van der Waals surface area contributed by atoms with Gasteiger partial charge in [-0.3, -0.25) is 9.36 Å². The molecular weight excluding hydrogens is 388 g/mol. The van der Waals surface area contributed by atoms with Crippen molar-refractivity contribution in [3.05, 3.63) is 83.6 Å². The van der Waals surface area contributed by atoms with Crippen LogP contribution in [0.5, 0.6) is 0 Å². The molecule has 2 aromatic heterocycles. The molecule has 2 N–H and O–H groups in total. The molecule has 3 aromatic carbocycles. The highest BCUT2D eigenvalue weighted by atomic mass is 16.3. The second-order valence-corrected chi connectivity index (χ2v) is 7.79. The first-order valence-electron chi connectivity index (χ1n) is 10.2. The fourth-order valence-corrected chi connectivity index (χ4v) is 4.62. The number of nitrogens with one attached hydrogen (secondary N) is 2. The zero-order valence-corrected chi connectivity index (χ0v) is 17.1. The molecule has 0 saturated heterocycles. The number of hydrogen-bond donors (Lipinski definition) is 2. The van der Waals surface area contributed by atoms with Gasteiger partial charge in [-0.1, -0.05) is 36.4 Å². The molecule has 0 radical (unpaired) electrons. The van der Waals surface area contributed by atoms with Gasteiger partial charge in [-0.15, -0.1) is 0 Å². The summed E-state index contributed by atoms with van der Waals surface area (Å²) < 4.78 is 8.12. The highest BCUT2D eigenvalue weighted by Crippen LogP contribution is 2.40. The van der Waals surface area contributed by atoms with Gasteiger partial charge in [0, 0.05) is 23.5 Å². The lowest BCUT2D eigenvalue weighted by Crippen LogP contribution is -2.33. The molecule has 3 heterocycles. The summed E-state index contributed by atoms with van der Waals surface area (Å²) in [4.78, 5) is 17.8. The number of furan rings is 1. The Bertz CT molecular complexity index is 1540. The number of amides is 1. The van der Waals surface area contributed by atoms with Crippen LogP contribution >= 0.6 is 0 Å². The lowest BCUT2D eigenvalue weighted by molar-refractivity contribution is -0.117. The second-order valence-electron chi connectivity index (χ2n) is 7.79. The number of allylic oxidation sites excluding steroid dienone is 1. The van der Waals surface area contributed by atoms with Gasteiger partial charge < -0.3 is 15.1 Å². The number of anilines is 1. The van der Waals surface area contributed by atoms with Gasteiger partial charge in [0.15, 0.2) is 0 Å². The Morgan fingerprint density at radius 3 is 2.68 bits per heavy atom. The number of imidazole rings is 1. The van der Waals surface area contributed by atoms with Gasteiger partial charge in [0.1, 0.15) is 11.2 Å². The number of nitrogens with zero attached hydrogens (tertiary/aromatic N) is 2. The summed E-state index contributed by atoms with van der Waals surface area (Å²) in [5.41, 5.74) is 6.01. The second kappa shape index (κ2) is 6.47. The lowest BCUT2D eigenvalue weighted by atomic mass is 9.93. The van der Waals surface area contributed by atoms with E-state index in [1.165, 1.54) is 0 Å². The first-order valence-corrected chi connectivity index (χ1v) is 10.2. The number of hydrogen-bond acceptors (Lipinski definition) is 4. The van der Waals surface area contributed by atoms with E-state index in [0.29, 0.717) is 5.57 Å². The summed E-state index contributed by atoms with van der Waals surface area (Å²) in [5, 5.41) is 8.23. The summed E-state index contributed by atoms with van der Waals surface area (Å²) in [6.07, 6.45) is 0. The predicted molar refractivity (Wildman–Crippen MR) is 122 cm³/mol. The minimum Gasteiger partial charge on any atom is -0.456 e. The summed E-state index contributed by atoms with van der Waals surface area (Å²) >= 11 is 0. The van der Waals surface area contributed by atoms with Gasteiger partial charge in [0.2, 0.25) is 5.95 Å². The number of likely N-dealkylation sites (N-methyl/N-ethyl adjacent to an activating group) is 1. The molecule has 1 atom stereocenters. The van der Waals surface area contributed by atoms with Gasteiger partial charge >= 0.3 is 0 Å². The van der Waals surface area contributed by atoms with Crippen LogP contribution in [0.4, 0.5) is 5.95 Å². The highest BCUT2D eigenvalue weighted by Gasteiger charge is 2.34.